The zero-order valence-corrected chi connectivity index (χ0v) is 14.9. The Labute approximate surface area is 161 Å². The lowest BCUT2D eigenvalue weighted by Crippen LogP contribution is -1.96. The minimum absolute atomic E-state index is 0.0814. The van der Waals surface area contributed by atoms with Crippen molar-refractivity contribution in [1.82, 2.24) is 9.97 Å². The van der Waals surface area contributed by atoms with Crippen LogP contribution in [0.5, 0.6) is 0 Å². The van der Waals surface area contributed by atoms with Crippen molar-refractivity contribution in [3.8, 4) is 33.8 Å². The summed E-state index contributed by atoms with van der Waals surface area (Å²) < 4.78 is 0. The Hall–Kier alpha value is -3.86. The fourth-order valence-corrected chi connectivity index (χ4v) is 3.76. The molecule has 4 aromatic rings. The maximum atomic E-state index is 11.3. The Balaban J connectivity index is 1.78. The van der Waals surface area contributed by atoms with Crippen LogP contribution in [0.2, 0.25) is 0 Å². The van der Waals surface area contributed by atoms with Crippen molar-refractivity contribution < 1.29 is 4.92 Å². The lowest BCUT2D eigenvalue weighted by molar-refractivity contribution is -0.384. The number of benzene rings is 2. The fourth-order valence-electron chi connectivity index (χ4n) is 3.76. The zero-order chi connectivity index (χ0) is 19.1. The molecule has 0 atom stereocenters. The van der Waals surface area contributed by atoms with Crippen molar-refractivity contribution in [1.29, 1.82) is 0 Å². The molecule has 0 amide bonds. The molecule has 1 aliphatic carbocycles. The number of pyridine rings is 2. The molecule has 0 saturated heterocycles. The van der Waals surface area contributed by atoms with Gasteiger partial charge in [-0.3, -0.25) is 15.1 Å². The van der Waals surface area contributed by atoms with E-state index in [0.717, 1.165) is 45.8 Å². The molecule has 1 aliphatic rings. The van der Waals surface area contributed by atoms with Gasteiger partial charge in [0, 0.05) is 30.3 Å². The molecule has 28 heavy (non-hydrogen) atoms. The minimum Gasteiger partial charge on any atom is -0.258 e. The smallest absolute Gasteiger partial charge is 0.258 e. The first-order valence-corrected chi connectivity index (χ1v) is 8.99. The molecule has 0 spiro atoms. The highest BCUT2D eigenvalue weighted by atomic mass is 16.6. The quantitative estimate of drug-likeness (QED) is 0.322. The molecule has 0 unspecified atom stereocenters. The second-order valence-electron chi connectivity index (χ2n) is 6.74. The van der Waals surface area contributed by atoms with Crippen molar-refractivity contribution in [2.24, 2.45) is 0 Å². The number of rotatable bonds is 3. The predicted octanol–water partition coefficient (Wildman–Crippen LogP) is 5.29. The van der Waals surface area contributed by atoms with Crippen LogP contribution in [0.25, 0.3) is 33.8 Å². The highest BCUT2D eigenvalue weighted by Crippen LogP contribution is 2.42. The lowest BCUT2D eigenvalue weighted by Gasteiger charge is -2.12. The number of aromatic nitrogens is 2. The van der Waals surface area contributed by atoms with Crippen LogP contribution in [-0.2, 0) is 6.42 Å². The van der Waals surface area contributed by atoms with Gasteiger partial charge in [0.05, 0.1) is 22.0 Å². The summed E-state index contributed by atoms with van der Waals surface area (Å²) in [5.41, 5.74) is 7.76. The third-order valence-corrected chi connectivity index (χ3v) is 5.06. The highest BCUT2D eigenvalue weighted by Gasteiger charge is 2.25. The second-order valence-corrected chi connectivity index (χ2v) is 6.74. The molecule has 0 fully saturated rings. The average molecular weight is 365 g/mol. The van der Waals surface area contributed by atoms with Gasteiger partial charge in [-0.2, -0.15) is 0 Å². The van der Waals surface area contributed by atoms with Gasteiger partial charge in [0.1, 0.15) is 0 Å². The van der Waals surface area contributed by atoms with Gasteiger partial charge in [-0.1, -0.05) is 42.5 Å². The van der Waals surface area contributed by atoms with E-state index in [2.05, 4.69) is 17.1 Å². The third kappa shape index (κ3) is 2.65. The van der Waals surface area contributed by atoms with E-state index in [0.29, 0.717) is 0 Å². The molecule has 2 aromatic heterocycles. The maximum absolute atomic E-state index is 11.3. The Morgan fingerprint density at radius 2 is 1.71 bits per heavy atom. The molecule has 0 radical (unpaired) electrons. The Kier molecular flexibility index (Phi) is 3.72. The number of non-ortho nitro benzene ring substituents is 1. The van der Waals surface area contributed by atoms with E-state index < -0.39 is 0 Å². The van der Waals surface area contributed by atoms with Gasteiger partial charge in [-0.15, -0.1) is 0 Å². The molecule has 5 heteroatoms. The summed E-state index contributed by atoms with van der Waals surface area (Å²) in [6, 6.07) is 22.7. The Morgan fingerprint density at radius 1 is 0.857 bits per heavy atom. The molecule has 134 valence electrons. The van der Waals surface area contributed by atoms with Crippen LogP contribution in [0.4, 0.5) is 5.69 Å². The van der Waals surface area contributed by atoms with Crippen LogP contribution in [0.1, 0.15) is 11.1 Å². The molecule has 2 aromatic carbocycles. The van der Waals surface area contributed by atoms with E-state index in [1.807, 2.05) is 42.5 Å². The lowest BCUT2D eigenvalue weighted by atomic mass is 9.97. The summed E-state index contributed by atoms with van der Waals surface area (Å²) in [6.07, 6.45) is 2.50. The molecule has 0 saturated carbocycles. The summed E-state index contributed by atoms with van der Waals surface area (Å²) in [5, 5.41) is 11.3. The van der Waals surface area contributed by atoms with E-state index in [1.165, 1.54) is 11.6 Å². The van der Waals surface area contributed by atoms with Crippen molar-refractivity contribution in [3.05, 3.63) is 100 Å². The van der Waals surface area contributed by atoms with Gasteiger partial charge in [0.2, 0.25) is 0 Å². The van der Waals surface area contributed by atoms with Crippen LogP contribution < -0.4 is 0 Å². The van der Waals surface area contributed by atoms with Gasteiger partial charge in [0.25, 0.3) is 5.69 Å². The third-order valence-electron chi connectivity index (χ3n) is 5.06. The van der Waals surface area contributed by atoms with Crippen molar-refractivity contribution in [2.75, 3.05) is 0 Å². The number of nitro benzene ring substituents is 1. The van der Waals surface area contributed by atoms with Crippen LogP contribution in [0.15, 0.2) is 79.0 Å². The number of hydrogen-bond donors (Lipinski definition) is 0. The van der Waals surface area contributed by atoms with Crippen LogP contribution in [-0.4, -0.2) is 14.9 Å². The molecule has 0 bridgehead atoms. The van der Waals surface area contributed by atoms with E-state index in [9.17, 15) is 10.1 Å². The zero-order valence-electron chi connectivity index (χ0n) is 14.9. The first kappa shape index (κ1) is 16.3. The predicted molar refractivity (Wildman–Crippen MR) is 108 cm³/mol. The molecule has 0 N–H and O–H groups in total. The Morgan fingerprint density at radius 3 is 2.54 bits per heavy atom. The standard InChI is InChI=1S/C23H15N3O2/c27-26(28)17-8-5-7-15(12-17)19-14-22(21-10-3-4-11-24-21)25-23-18-9-2-1-6-16(18)13-20(19)23/h1-12,14H,13H2. The topological polar surface area (TPSA) is 68.9 Å². The summed E-state index contributed by atoms with van der Waals surface area (Å²) >= 11 is 0. The van der Waals surface area contributed by atoms with E-state index in [1.54, 1.807) is 18.3 Å². The van der Waals surface area contributed by atoms with Gasteiger partial charge in [-0.25, -0.2) is 4.98 Å². The molecule has 2 heterocycles. The van der Waals surface area contributed by atoms with E-state index in [4.69, 9.17) is 4.98 Å². The molecular weight excluding hydrogens is 350 g/mol. The normalized spacial score (nSPS) is 11.7. The number of fused-ring (bicyclic) bond motifs is 3. The first-order chi connectivity index (χ1) is 13.7. The number of nitrogens with zero attached hydrogens (tertiary/aromatic N) is 3. The van der Waals surface area contributed by atoms with Gasteiger partial charge in [-0.05, 0) is 40.5 Å². The number of nitro groups is 1. The summed E-state index contributed by atoms with van der Waals surface area (Å²) in [4.78, 5) is 20.3. The molecular formula is C23H15N3O2. The van der Waals surface area contributed by atoms with Gasteiger partial charge in [0.15, 0.2) is 0 Å². The molecule has 5 nitrogen and oxygen atoms in total. The van der Waals surface area contributed by atoms with Crippen molar-refractivity contribution in [3.63, 3.8) is 0 Å². The minimum atomic E-state index is -0.362. The fraction of sp³-hybridized carbons (Fsp3) is 0.0435. The van der Waals surface area contributed by atoms with Crippen molar-refractivity contribution in [2.45, 2.75) is 6.42 Å². The average Bonchev–Trinajstić information content (AvgIpc) is 3.12. The van der Waals surface area contributed by atoms with Gasteiger partial charge < -0.3 is 0 Å². The summed E-state index contributed by atoms with van der Waals surface area (Å²) in [7, 11) is 0. The van der Waals surface area contributed by atoms with E-state index in [-0.39, 0.29) is 10.6 Å². The summed E-state index contributed by atoms with van der Waals surface area (Å²) in [5.74, 6) is 0. The monoisotopic (exact) mass is 365 g/mol. The maximum Gasteiger partial charge on any atom is 0.270 e. The largest absolute Gasteiger partial charge is 0.270 e. The Bertz CT molecular complexity index is 1220. The SMILES string of the molecule is O=[N+]([O-])c1cccc(-c2cc(-c3ccccn3)nc3c2Cc2ccccc2-3)c1. The van der Waals surface area contributed by atoms with Crippen LogP contribution in [0, 0.1) is 10.1 Å². The van der Waals surface area contributed by atoms with Crippen LogP contribution >= 0.6 is 0 Å². The highest BCUT2D eigenvalue weighted by molar-refractivity contribution is 5.85. The van der Waals surface area contributed by atoms with E-state index >= 15 is 0 Å². The molecule has 5 rings (SSSR count). The van der Waals surface area contributed by atoms with Crippen molar-refractivity contribution >= 4 is 5.69 Å². The first-order valence-electron chi connectivity index (χ1n) is 8.99. The van der Waals surface area contributed by atoms with Gasteiger partial charge >= 0.3 is 0 Å². The summed E-state index contributed by atoms with van der Waals surface area (Å²) in [6.45, 7) is 0. The van der Waals surface area contributed by atoms with Crippen LogP contribution in [0.3, 0.4) is 0 Å². The second kappa shape index (κ2) is 6.39. The number of hydrogen-bond acceptors (Lipinski definition) is 4. The molecule has 0 aliphatic heterocycles.